The molecule has 0 saturated carbocycles. The number of rotatable bonds is 1. The molecule has 0 amide bonds. The third-order valence-corrected chi connectivity index (χ3v) is 2.72. The first-order valence-corrected chi connectivity index (χ1v) is 5.35. The number of nitrogens with zero attached hydrogens (tertiary/aromatic N) is 1. The molecule has 1 aliphatic heterocycles. The number of anilines is 1. The summed E-state index contributed by atoms with van der Waals surface area (Å²) < 4.78 is 10.7. The molecule has 0 saturated heterocycles. The molecule has 0 radical (unpaired) electrons. The van der Waals surface area contributed by atoms with E-state index >= 15 is 0 Å². The highest BCUT2D eigenvalue weighted by Gasteiger charge is 2.11. The van der Waals surface area contributed by atoms with Gasteiger partial charge in [-0.15, -0.1) is 0 Å². The molecule has 0 aromatic heterocycles. The lowest BCUT2D eigenvalue weighted by atomic mass is 10.2. The Hall–Kier alpha value is -2.56. The minimum absolute atomic E-state index is 0.160. The van der Waals surface area contributed by atoms with Crippen molar-refractivity contribution in [3.63, 3.8) is 0 Å². The SMILES string of the molecule is COc1ccc2oc3cc(=O)c(N)cc-3nc2c1. The summed E-state index contributed by atoms with van der Waals surface area (Å²) in [5.74, 6) is 1.12. The topological polar surface area (TPSA) is 78.3 Å². The number of benzene rings is 2. The Morgan fingerprint density at radius 1 is 1.28 bits per heavy atom. The fourth-order valence-electron chi connectivity index (χ4n) is 1.78. The minimum Gasteiger partial charge on any atom is -0.497 e. The van der Waals surface area contributed by atoms with Gasteiger partial charge in [0.15, 0.2) is 11.3 Å². The summed E-state index contributed by atoms with van der Waals surface area (Å²) in [5, 5.41) is 0. The second kappa shape index (κ2) is 3.73. The Morgan fingerprint density at radius 3 is 2.89 bits per heavy atom. The second-order valence-corrected chi connectivity index (χ2v) is 3.91. The molecule has 0 unspecified atom stereocenters. The molecule has 2 aliphatic rings. The molecule has 0 fully saturated rings. The number of methoxy groups -OCH3 is 1. The van der Waals surface area contributed by atoms with Crippen LogP contribution in [0.3, 0.4) is 0 Å². The highest BCUT2D eigenvalue weighted by molar-refractivity contribution is 5.78. The first-order chi connectivity index (χ1) is 8.67. The molecule has 5 nitrogen and oxygen atoms in total. The van der Waals surface area contributed by atoms with Crippen molar-refractivity contribution in [1.82, 2.24) is 4.98 Å². The lowest BCUT2D eigenvalue weighted by Crippen LogP contribution is -2.08. The molecule has 18 heavy (non-hydrogen) atoms. The highest BCUT2D eigenvalue weighted by Crippen LogP contribution is 2.27. The van der Waals surface area contributed by atoms with Crippen LogP contribution in [0.2, 0.25) is 0 Å². The normalized spacial score (nSPS) is 10.9. The van der Waals surface area contributed by atoms with Crippen LogP contribution in [-0.2, 0) is 0 Å². The fraction of sp³-hybridized carbons (Fsp3) is 0.0769. The predicted octanol–water partition coefficient (Wildman–Crippen LogP) is 1.88. The number of aromatic nitrogens is 1. The second-order valence-electron chi connectivity index (χ2n) is 3.91. The molecule has 1 aromatic carbocycles. The fourth-order valence-corrected chi connectivity index (χ4v) is 1.78. The van der Waals surface area contributed by atoms with E-state index in [1.165, 1.54) is 12.1 Å². The van der Waals surface area contributed by atoms with Crippen molar-refractivity contribution in [2.45, 2.75) is 0 Å². The number of hydrogen-bond donors (Lipinski definition) is 1. The number of ether oxygens (including phenoxy) is 1. The maximum Gasteiger partial charge on any atom is 0.205 e. The van der Waals surface area contributed by atoms with Crippen molar-refractivity contribution in [1.29, 1.82) is 0 Å². The first-order valence-electron chi connectivity index (χ1n) is 5.35. The summed E-state index contributed by atoms with van der Waals surface area (Å²) in [5.41, 5.74) is 7.26. The van der Waals surface area contributed by atoms with E-state index in [9.17, 15) is 4.79 Å². The zero-order valence-corrected chi connectivity index (χ0v) is 9.64. The van der Waals surface area contributed by atoms with Crippen LogP contribution in [0.25, 0.3) is 22.6 Å². The first kappa shape index (κ1) is 10.6. The van der Waals surface area contributed by atoms with E-state index in [-0.39, 0.29) is 11.1 Å². The molecule has 1 aliphatic carbocycles. The van der Waals surface area contributed by atoms with Crippen LogP contribution in [0.4, 0.5) is 5.69 Å². The molecule has 0 atom stereocenters. The van der Waals surface area contributed by atoms with Crippen molar-refractivity contribution in [3.05, 3.63) is 40.6 Å². The third-order valence-electron chi connectivity index (χ3n) is 2.72. The van der Waals surface area contributed by atoms with E-state index in [0.717, 1.165) is 0 Å². The summed E-state index contributed by atoms with van der Waals surface area (Å²) in [7, 11) is 1.58. The van der Waals surface area contributed by atoms with Crippen LogP contribution >= 0.6 is 0 Å². The Kier molecular flexibility index (Phi) is 2.19. The zero-order valence-electron chi connectivity index (χ0n) is 9.64. The molecular weight excluding hydrogens is 232 g/mol. The van der Waals surface area contributed by atoms with E-state index in [4.69, 9.17) is 14.9 Å². The monoisotopic (exact) mass is 242 g/mol. The molecule has 5 heteroatoms. The van der Waals surface area contributed by atoms with Gasteiger partial charge in [0.25, 0.3) is 0 Å². The van der Waals surface area contributed by atoms with Crippen molar-refractivity contribution in [2.75, 3.05) is 12.8 Å². The van der Waals surface area contributed by atoms with E-state index in [0.29, 0.717) is 28.3 Å². The Morgan fingerprint density at radius 2 is 2.11 bits per heavy atom. The van der Waals surface area contributed by atoms with E-state index < -0.39 is 0 Å². The summed E-state index contributed by atoms with van der Waals surface area (Å²) in [6, 6.07) is 8.15. The molecule has 3 rings (SSSR count). The van der Waals surface area contributed by atoms with Gasteiger partial charge < -0.3 is 14.9 Å². The summed E-state index contributed by atoms with van der Waals surface area (Å²) in [6.45, 7) is 0. The van der Waals surface area contributed by atoms with Gasteiger partial charge in [-0.25, -0.2) is 4.98 Å². The van der Waals surface area contributed by atoms with Gasteiger partial charge in [-0.1, -0.05) is 0 Å². The summed E-state index contributed by atoms with van der Waals surface area (Å²) >= 11 is 0. The van der Waals surface area contributed by atoms with E-state index in [1.807, 2.05) is 0 Å². The van der Waals surface area contributed by atoms with Gasteiger partial charge >= 0.3 is 0 Å². The van der Waals surface area contributed by atoms with Crippen LogP contribution in [0, 0.1) is 0 Å². The summed E-state index contributed by atoms with van der Waals surface area (Å²) in [4.78, 5) is 15.8. The lowest BCUT2D eigenvalue weighted by molar-refractivity contribution is 0.415. The van der Waals surface area contributed by atoms with Crippen molar-refractivity contribution in [2.24, 2.45) is 0 Å². The number of nitrogens with two attached hydrogens (primary N) is 1. The van der Waals surface area contributed by atoms with Gasteiger partial charge in [-0.3, -0.25) is 4.79 Å². The van der Waals surface area contributed by atoms with Gasteiger partial charge in [0.05, 0.1) is 12.8 Å². The Balaban J connectivity index is 2.37. The van der Waals surface area contributed by atoms with Crippen molar-refractivity contribution in [3.8, 4) is 17.2 Å². The van der Waals surface area contributed by atoms with Crippen LogP contribution in [0.5, 0.6) is 5.75 Å². The van der Waals surface area contributed by atoms with E-state index in [2.05, 4.69) is 4.98 Å². The molecule has 0 bridgehead atoms. The van der Waals surface area contributed by atoms with Crippen LogP contribution in [-0.4, -0.2) is 12.1 Å². The predicted molar refractivity (Wildman–Crippen MR) is 67.9 cm³/mol. The largest absolute Gasteiger partial charge is 0.497 e. The van der Waals surface area contributed by atoms with Crippen molar-refractivity contribution < 1.29 is 9.15 Å². The molecular formula is C13H10N2O3. The Labute approximate surface area is 102 Å². The van der Waals surface area contributed by atoms with Crippen molar-refractivity contribution >= 4 is 16.8 Å². The van der Waals surface area contributed by atoms with Gasteiger partial charge in [0.2, 0.25) is 5.43 Å². The van der Waals surface area contributed by atoms with Gasteiger partial charge in [0, 0.05) is 12.1 Å². The molecule has 90 valence electrons. The third kappa shape index (κ3) is 1.57. The summed E-state index contributed by atoms with van der Waals surface area (Å²) in [6.07, 6.45) is 0. The lowest BCUT2D eigenvalue weighted by Gasteiger charge is -2.07. The minimum atomic E-state index is -0.263. The average molecular weight is 242 g/mol. The maximum atomic E-state index is 11.4. The van der Waals surface area contributed by atoms with Gasteiger partial charge in [0.1, 0.15) is 17.0 Å². The standard InChI is InChI=1S/C13H10N2O3/c1-17-7-2-3-12-9(4-7)15-10-5-8(14)11(16)6-13(10)18-12/h2-6H,14H2,1H3. The maximum absolute atomic E-state index is 11.4. The number of nitrogen functional groups attached to an aromatic ring is 1. The quantitative estimate of drug-likeness (QED) is 0.520. The molecule has 1 heterocycles. The van der Waals surface area contributed by atoms with Crippen LogP contribution in [0.15, 0.2) is 39.5 Å². The molecule has 0 spiro atoms. The smallest absolute Gasteiger partial charge is 0.205 e. The number of hydrogen-bond acceptors (Lipinski definition) is 5. The average Bonchev–Trinajstić information content (AvgIpc) is 2.37. The molecule has 1 aromatic rings. The van der Waals surface area contributed by atoms with Gasteiger partial charge in [-0.2, -0.15) is 0 Å². The van der Waals surface area contributed by atoms with E-state index in [1.54, 1.807) is 25.3 Å². The van der Waals surface area contributed by atoms with Crippen LogP contribution < -0.4 is 15.9 Å². The number of fused-ring (bicyclic) bond motifs is 2. The van der Waals surface area contributed by atoms with Crippen LogP contribution in [0.1, 0.15) is 0 Å². The highest BCUT2D eigenvalue weighted by atomic mass is 16.5. The van der Waals surface area contributed by atoms with Gasteiger partial charge in [-0.05, 0) is 18.2 Å². The zero-order chi connectivity index (χ0) is 12.7. The molecule has 2 N–H and O–H groups in total. The Bertz CT molecular complexity index is 764.